The number of urea groups is 1. The Hall–Kier alpha value is -1.26. The van der Waals surface area contributed by atoms with Gasteiger partial charge in [-0.25, -0.2) is 4.79 Å². The number of nitrogens with one attached hydrogen (secondary N) is 2. The van der Waals surface area contributed by atoms with Gasteiger partial charge in [-0.15, -0.1) is 0 Å². The summed E-state index contributed by atoms with van der Waals surface area (Å²) < 4.78 is 0. The lowest BCUT2D eigenvalue weighted by atomic mass is 10.0. The number of aliphatic carboxylic acids is 1. The molecule has 0 radical (unpaired) electrons. The second kappa shape index (κ2) is 8.12. The molecule has 0 saturated heterocycles. The Morgan fingerprint density at radius 1 is 1.15 bits per heavy atom. The van der Waals surface area contributed by atoms with Gasteiger partial charge in [0.25, 0.3) is 0 Å². The van der Waals surface area contributed by atoms with Crippen molar-refractivity contribution in [3.63, 3.8) is 0 Å². The quantitative estimate of drug-likeness (QED) is 0.609. The first-order valence-electron chi connectivity index (χ1n) is 7.67. The van der Waals surface area contributed by atoms with E-state index in [0.717, 1.165) is 32.1 Å². The van der Waals surface area contributed by atoms with E-state index >= 15 is 0 Å². The summed E-state index contributed by atoms with van der Waals surface area (Å²) in [6.45, 7) is 6.37. The Labute approximate surface area is 121 Å². The van der Waals surface area contributed by atoms with Crippen molar-refractivity contribution >= 4 is 12.0 Å². The molecule has 116 valence electrons. The normalized spacial score (nSPS) is 17.6. The number of carboxylic acid groups (broad SMARTS) is 1. The number of amides is 2. The van der Waals surface area contributed by atoms with Crippen molar-refractivity contribution in [2.24, 2.45) is 11.8 Å². The molecule has 5 heteroatoms. The third-order valence-electron chi connectivity index (χ3n) is 3.70. The van der Waals surface area contributed by atoms with E-state index in [-0.39, 0.29) is 24.5 Å². The zero-order valence-corrected chi connectivity index (χ0v) is 12.8. The Bertz CT molecular complexity index is 327. The van der Waals surface area contributed by atoms with Crippen LogP contribution < -0.4 is 10.6 Å². The smallest absolute Gasteiger partial charge is 0.315 e. The zero-order chi connectivity index (χ0) is 15.1. The van der Waals surface area contributed by atoms with Gasteiger partial charge in [-0.1, -0.05) is 26.7 Å². The Balaban J connectivity index is 2.24. The van der Waals surface area contributed by atoms with Crippen molar-refractivity contribution < 1.29 is 14.7 Å². The fourth-order valence-corrected chi connectivity index (χ4v) is 2.36. The maximum atomic E-state index is 11.9. The maximum absolute atomic E-state index is 11.9. The second-order valence-electron chi connectivity index (χ2n) is 6.39. The number of carbonyl (C=O) groups excluding carboxylic acids is 1. The zero-order valence-electron chi connectivity index (χ0n) is 12.8. The second-order valence-corrected chi connectivity index (χ2v) is 6.39. The summed E-state index contributed by atoms with van der Waals surface area (Å²) >= 11 is 0. The van der Waals surface area contributed by atoms with Gasteiger partial charge in [-0.2, -0.15) is 0 Å². The highest BCUT2D eigenvalue weighted by Gasteiger charge is 2.33. The molecular formula is C15H28N2O3. The monoisotopic (exact) mass is 284 g/mol. The maximum Gasteiger partial charge on any atom is 0.315 e. The molecule has 5 nitrogen and oxygen atoms in total. The van der Waals surface area contributed by atoms with Crippen LogP contribution in [0.15, 0.2) is 0 Å². The van der Waals surface area contributed by atoms with Crippen LogP contribution in [0.25, 0.3) is 0 Å². The number of rotatable bonds is 9. The van der Waals surface area contributed by atoms with E-state index in [1.807, 2.05) is 6.92 Å². The van der Waals surface area contributed by atoms with Crippen molar-refractivity contribution in [2.75, 3.05) is 0 Å². The third-order valence-corrected chi connectivity index (χ3v) is 3.70. The summed E-state index contributed by atoms with van der Waals surface area (Å²) in [5.74, 6) is 0.172. The predicted molar refractivity (Wildman–Crippen MR) is 78.6 cm³/mol. The molecule has 0 spiro atoms. The minimum atomic E-state index is -0.854. The molecule has 2 atom stereocenters. The minimum absolute atomic E-state index is 0.0137. The van der Waals surface area contributed by atoms with Crippen LogP contribution in [0.3, 0.4) is 0 Å². The third kappa shape index (κ3) is 7.36. The molecule has 3 N–H and O–H groups in total. The molecule has 2 unspecified atom stereocenters. The first-order chi connectivity index (χ1) is 9.38. The van der Waals surface area contributed by atoms with Crippen molar-refractivity contribution in [3.05, 3.63) is 0 Å². The van der Waals surface area contributed by atoms with Gasteiger partial charge < -0.3 is 15.7 Å². The Morgan fingerprint density at radius 3 is 2.30 bits per heavy atom. The van der Waals surface area contributed by atoms with Gasteiger partial charge in [-0.05, 0) is 38.0 Å². The van der Waals surface area contributed by atoms with Crippen LogP contribution in [0, 0.1) is 11.8 Å². The van der Waals surface area contributed by atoms with Gasteiger partial charge in [0, 0.05) is 12.1 Å². The molecule has 1 rings (SSSR count). The van der Waals surface area contributed by atoms with E-state index in [1.54, 1.807) is 0 Å². The number of carboxylic acids is 1. The van der Waals surface area contributed by atoms with E-state index < -0.39 is 5.97 Å². The molecule has 1 saturated carbocycles. The lowest BCUT2D eigenvalue weighted by Gasteiger charge is -2.20. The number of carbonyl (C=O) groups is 2. The van der Waals surface area contributed by atoms with Gasteiger partial charge in [-0.3, -0.25) is 4.79 Å². The van der Waals surface area contributed by atoms with Crippen LogP contribution >= 0.6 is 0 Å². The molecule has 0 heterocycles. The van der Waals surface area contributed by atoms with Gasteiger partial charge in [0.05, 0.1) is 6.42 Å². The fourth-order valence-electron chi connectivity index (χ4n) is 2.36. The summed E-state index contributed by atoms with van der Waals surface area (Å²) in [5.41, 5.74) is 0. The van der Waals surface area contributed by atoms with Crippen LogP contribution in [-0.4, -0.2) is 29.2 Å². The van der Waals surface area contributed by atoms with Crippen LogP contribution in [0.1, 0.15) is 59.3 Å². The summed E-state index contributed by atoms with van der Waals surface area (Å²) in [6, 6.07) is -0.339. The lowest BCUT2D eigenvalue weighted by Crippen LogP contribution is -2.46. The molecule has 0 aromatic rings. The molecule has 1 aliphatic rings. The topological polar surface area (TPSA) is 78.4 Å². The molecule has 20 heavy (non-hydrogen) atoms. The summed E-state index contributed by atoms with van der Waals surface area (Å²) in [5, 5.41) is 14.6. The van der Waals surface area contributed by atoms with E-state index in [2.05, 4.69) is 24.5 Å². The van der Waals surface area contributed by atoms with Crippen molar-refractivity contribution in [2.45, 2.75) is 71.4 Å². The van der Waals surface area contributed by atoms with E-state index in [0.29, 0.717) is 11.8 Å². The van der Waals surface area contributed by atoms with E-state index in [9.17, 15) is 9.59 Å². The molecule has 0 aromatic heterocycles. The minimum Gasteiger partial charge on any atom is -0.481 e. The van der Waals surface area contributed by atoms with Crippen molar-refractivity contribution in [1.29, 1.82) is 0 Å². The Morgan fingerprint density at radius 2 is 1.80 bits per heavy atom. The van der Waals surface area contributed by atoms with Crippen LogP contribution in [0.5, 0.6) is 0 Å². The van der Waals surface area contributed by atoms with Gasteiger partial charge >= 0.3 is 12.0 Å². The van der Waals surface area contributed by atoms with Gasteiger partial charge in [0.2, 0.25) is 0 Å². The molecule has 0 aromatic carbocycles. The average Bonchev–Trinajstić information content (AvgIpc) is 3.10. The standard InChI is InChI=1S/C15H28N2O3/c1-10(2)5-4-6-11(3)16-15(20)17-13(9-14(18)19)12-7-8-12/h10-13H,4-9H2,1-3H3,(H,18,19)(H2,16,17,20). The fraction of sp³-hybridized carbons (Fsp3) is 0.867. The van der Waals surface area contributed by atoms with Gasteiger partial charge in [0.15, 0.2) is 0 Å². The summed E-state index contributed by atoms with van der Waals surface area (Å²) in [7, 11) is 0. The van der Waals surface area contributed by atoms with Crippen molar-refractivity contribution in [1.82, 2.24) is 10.6 Å². The number of hydrogen-bond donors (Lipinski definition) is 3. The van der Waals surface area contributed by atoms with Gasteiger partial charge in [0.1, 0.15) is 0 Å². The van der Waals surface area contributed by atoms with E-state index in [1.165, 1.54) is 0 Å². The van der Waals surface area contributed by atoms with E-state index in [4.69, 9.17) is 5.11 Å². The highest BCUT2D eigenvalue weighted by molar-refractivity contribution is 5.76. The first kappa shape index (κ1) is 16.8. The predicted octanol–water partition coefficient (Wildman–Crippen LogP) is 2.75. The van der Waals surface area contributed by atoms with Crippen LogP contribution in [-0.2, 0) is 4.79 Å². The molecule has 1 aliphatic carbocycles. The average molecular weight is 284 g/mol. The molecule has 0 bridgehead atoms. The molecule has 2 amide bonds. The number of hydrogen-bond acceptors (Lipinski definition) is 2. The SMILES string of the molecule is CC(C)CCCC(C)NC(=O)NC(CC(=O)O)C1CC1. The van der Waals surface area contributed by atoms with Crippen LogP contribution in [0.4, 0.5) is 4.79 Å². The highest BCUT2D eigenvalue weighted by Crippen LogP contribution is 2.33. The Kier molecular flexibility index (Phi) is 6.82. The van der Waals surface area contributed by atoms with Crippen LogP contribution in [0.2, 0.25) is 0 Å². The lowest BCUT2D eigenvalue weighted by molar-refractivity contribution is -0.137. The first-order valence-corrected chi connectivity index (χ1v) is 7.67. The molecule has 0 aliphatic heterocycles. The largest absolute Gasteiger partial charge is 0.481 e. The molecular weight excluding hydrogens is 256 g/mol. The summed E-state index contributed by atoms with van der Waals surface area (Å²) in [4.78, 5) is 22.6. The summed E-state index contributed by atoms with van der Waals surface area (Å²) in [6.07, 6.45) is 5.26. The highest BCUT2D eigenvalue weighted by atomic mass is 16.4. The van der Waals surface area contributed by atoms with Crippen molar-refractivity contribution in [3.8, 4) is 0 Å². The molecule has 1 fully saturated rings.